The van der Waals surface area contributed by atoms with E-state index in [2.05, 4.69) is 64.2 Å². The quantitative estimate of drug-likeness (QED) is 0.670. The molecule has 1 unspecified atom stereocenters. The highest BCUT2D eigenvalue weighted by Gasteiger charge is 2.10. The number of nitrogens with one attached hydrogen (secondary N) is 1. The summed E-state index contributed by atoms with van der Waals surface area (Å²) in [7, 11) is 0. The summed E-state index contributed by atoms with van der Waals surface area (Å²) in [5.74, 6) is 1.43. The third kappa shape index (κ3) is 5.78. The predicted octanol–water partition coefficient (Wildman–Crippen LogP) is 5.29. The van der Waals surface area contributed by atoms with Crippen LogP contribution >= 0.6 is 0 Å². The molecule has 1 heteroatoms. The molecule has 0 heterocycles. The van der Waals surface area contributed by atoms with Crippen LogP contribution in [0.5, 0.6) is 0 Å². The Morgan fingerprint density at radius 2 is 1.47 bits per heavy atom. The average molecular weight is 261 g/mol. The molecule has 0 aromatic heterocycles. The van der Waals surface area contributed by atoms with E-state index in [0.717, 1.165) is 12.5 Å². The molecule has 0 aliphatic rings. The Labute approximate surface area is 119 Å². The van der Waals surface area contributed by atoms with Crippen molar-refractivity contribution in [2.75, 3.05) is 6.54 Å². The fourth-order valence-electron chi connectivity index (χ4n) is 2.48. The summed E-state index contributed by atoms with van der Waals surface area (Å²) in [6, 6.07) is 9.69. The van der Waals surface area contributed by atoms with Crippen molar-refractivity contribution in [2.24, 2.45) is 5.92 Å². The van der Waals surface area contributed by atoms with Gasteiger partial charge in [-0.05, 0) is 35.9 Å². The fourth-order valence-corrected chi connectivity index (χ4v) is 2.48. The summed E-state index contributed by atoms with van der Waals surface area (Å²) in [4.78, 5) is 0. The molecule has 0 bridgehead atoms. The van der Waals surface area contributed by atoms with Crippen LogP contribution < -0.4 is 5.32 Å². The Morgan fingerprint density at radius 3 is 1.95 bits per heavy atom. The van der Waals surface area contributed by atoms with Gasteiger partial charge in [0.15, 0.2) is 0 Å². The molecule has 0 aliphatic carbocycles. The first-order valence-corrected chi connectivity index (χ1v) is 7.87. The monoisotopic (exact) mass is 261 g/mol. The van der Waals surface area contributed by atoms with Crippen LogP contribution in [-0.2, 0) is 0 Å². The minimum Gasteiger partial charge on any atom is -0.310 e. The zero-order chi connectivity index (χ0) is 14.3. The van der Waals surface area contributed by atoms with Crippen molar-refractivity contribution in [1.82, 2.24) is 5.32 Å². The minimum absolute atomic E-state index is 0.518. The van der Waals surface area contributed by atoms with E-state index in [0.29, 0.717) is 12.0 Å². The lowest BCUT2D eigenvalue weighted by Crippen LogP contribution is -2.21. The van der Waals surface area contributed by atoms with Gasteiger partial charge in [-0.3, -0.25) is 0 Å². The summed E-state index contributed by atoms with van der Waals surface area (Å²) in [6.45, 7) is 12.3. The number of hydrogen-bond acceptors (Lipinski definition) is 1. The molecule has 0 amide bonds. The third-order valence-corrected chi connectivity index (χ3v) is 3.73. The second-order valence-electron chi connectivity index (χ2n) is 6.26. The average Bonchev–Trinajstić information content (AvgIpc) is 2.37. The van der Waals surface area contributed by atoms with Gasteiger partial charge in [0.1, 0.15) is 0 Å². The number of rotatable bonds is 8. The van der Waals surface area contributed by atoms with Crippen LogP contribution in [0.3, 0.4) is 0 Å². The van der Waals surface area contributed by atoms with Crippen molar-refractivity contribution in [3.63, 3.8) is 0 Å². The molecule has 0 fully saturated rings. The van der Waals surface area contributed by atoms with Gasteiger partial charge >= 0.3 is 0 Å². The molecule has 0 saturated heterocycles. The van der Waals surface area contributed by atoms with Gasteiger partial charge in [-0.2, -0.15) is 0 Å². The van der Waals surface area contributed by atoms with E-state index in [-0.39, 0.29) is 0 Å². The van der Waals surface area contributed by atoms with Crippen molar-refractivity contribution in [2.45, 2.75) is 65.8 Å². The molecule has 1 N–H and O–H groups in total. The summed E-state index contributed by atoms with van der Waals surface area (Å²) in [5.41, 5.74) is 2.87. The Hall–Kier alpha value is -0.820. The molecule has 1 aromatic rings. The van der Waals surface area contributed by atoms with Crippen LogP contribution in [0.4, 0.5) is 0 Å². The first-order valence-electron chi connectivity index (χ1n) is 7.87. The lowest BCUT2D eigenvalue weighted by atomic mass is 9.95. The van der Waals surface area contributed by atoms with Gasteiger partial charge in [0, 0.05) is 6.04 Å². The van der Waals surface area contributed by atoms with Gasteiger partial charge in [0.2, 0.25) is 0 Å². The van der Waals surface area contributed by atoms with Crippen LogP contribution in [-0.4, -0.2) is 6.54 Å². The lowest BCUT2D eigenvalue weighted by molar-refractivity contribution is 0.455. The van der Waals surface area contributed by atoms with Crippen LogP contribution in [0.1, 0.15) is 77.0 Å². The van der Waals surface area contributed by atoms with E-state index < -0.39 is 0 Å². The molecule has 0 spiro atoms. The first kappa shape index (κ1) is 16.2. The van der Waals surface area contributed by atoms with Gasteiger partial charge in [0.05, 0.1) is 0 Å². The summed E-state index contributed by atoms with van der Waals surface area (Å²) >= 11 is 0. The number of benzene rings is 1. The molecule has 19 heavy (non-hydrogen) atoms. The summed E-state index contributed by atoms with van der Waals surface area (Å²) < 4.78 is 0. The highest BCUT2D eigenvalue weighted by molar-refractivity contribution is 5.26. The fraction of sp³-hybridized carbons (Fsp3) is 0.667. The third-order valence-electron chi connectivity index (χ3n) is 3.73. The lowest BCUT2D eigenvalue weighted by Gasteiger charge is -2.19. The largest absolute Gasteiger partial charge is 0.310 e. The highest BCUT2D eigenvalue weighted by atomic mass is 14.9. The standard InChI is InChI=1S/C18H31N/c1-6-19-18(9-7-8-14(2)3)17-12-10-16(11-13-17)15(4)5/h10-15,18-19H,6-9H2,1-5H3. The SMILES string of the molecule is CCNC(CCCC(C)C)c1ccc(C(C)C)cc1. The zero-order valence-electron chi connectivity index (χ0n) is 13.4. The molecule has 1 atom stereocenters. The maximum Gasteiger partial charge on any atom is 0.0320 e. The number of hydrogen-bond donors (Lipinski definition) is 1. The van der Waals surface area contributed by atoms with Crippen LogP contribution in [0.2, 0.25) is 0 Å². The maximum atomic E-state index is 3.62. The topological polar surface area (TPSA) is 12.0 Å². The van der Waals surface area contributed by atoms with Crippen LogP contribution in [0.15, 0.2) is 24.3 Å². The van der Waals surface area contributed by atoms with Gasteiger partial charge < -0.3 is 5.32 Å². The normalized spacial score (nSPS) is 13.2. The van der Waals surface area contributed by atoms with Crippen LogP contribution in [0, 0.1) is 5.92 Å². The van der Waals surface area contributed by atoms with Gasteiger partial charge in [-0.25, -0.2) is 0 Å². The smallest absolute Gasteiger partial charge is 0.0320 e. The molecular formula is C18H31N. The molecular weight excluding hydrogens is 230 g/mol. The minimum atomic E-state index is 0.518. The molecule has 0 radical (unpaired) electrons. The van der Waals surface area contributed by atoms with Crippen molar-refractivity contribution in [1.29, 1.82) is 0 Å². The molecule has 108 valence electrons. The van der Waals surface area contributed by atoms with Crippen molar-refractivity contribution in [3.05, 3.63) is 35.4 Å². The van der Waals surface area contributed by atoms with E-state index in [1.165, 1.54) is 30.4 Å². The second kappa shape index (κ2) is 8.37. The molecule has 1 nitrogen and oxygen atoms in total. The van der Waals surface area contributed by atoms with Crippen molar-refractivity contribution < 1.29 is 0 Å². The second-order valence-corrected chi connectivity index (χ2v) is 6.26. The molecule has 0 aliphatic heterocycles. The van der Waals surface area contributed by atoms with Crippen LogP contribution in [0.25, 0.3) is 0 Å². The maximum absolute atomic E-state index is 3.62. The Bertz CT molecular complexity index is 337. The Balaban J connectivity index is 2.64. The summed E-state index contributed by atoms with van der Waals surface area (Å²) in [6.07, 6.45) is 3.88. The molecule has 0 saturated carbocycles. The van der Waals surface area contributed by atoms with Gasteiger partial charge in [0.25, 0.3) is 0 Å². The Kier molecular flexibility index (Phi) is 7.15. The van der Waals surface area contributed by atoms with Crippen molar-refractivity contribution >= 4 is 0 Å². The first-order chi connectivity index (χ1) is 9.04. The zero-order valence-corrected chi connectivity index (χ0v) is 13.4. The molecule has 1 aromatic carbocycles. The van der Waals surface area contributed by atoms with Crippen molar-refractivity contribution in [3.8, 4) is 0 Å². The highest BCUT2D eigenvalue weighted by Crippen LogP contribution is 2.23. The van der Waals surface area contributed by atoms with E-state index in [1.807, 2.05) is 0 Å². The van der Waals surface area contributed by atoms with E-state index in [4.69, 9.17) is 0 Å². The van der Waals surface area contributed by atoms with E-state index in [1.54, 1.807) is 0 Å². The van der Waals surface area contributed by atoms with E-state index >= 15 is 0 Å². The van der Waals surface area contributed by atoms with Gasteiger partial charge in [-0.15, -0.1) is 0 Å². The summed E-state index contributed by atoms with van der Waals surface area (Å²) in [5, 5.41) is 3.62. The predicted molar refractivity (Wildman–Crippen MR) is 85.6 cm³/mol. The Morgan fingerprint density at radius 1 is 0.895 bits per heavy atom. The van der Waals surface area contributed by atoms with Gasteiger partial charge in [-0.1, -0.05) is 71.7 Å². The van der Waals surface area contributed by atoms with E-state index in [9.17, 15) is 0 Å². The molecule has 1 rings (SSSR count).